The Labute approximate surface area is 121 Å². The van der Waals surface area contributed by atoms with Crippen LogP contribution < -0.4 is 0 Å². The van der Waals surface area contributed by atoms with E-state index >= 15 is 0 Å². The molecular weight excluding hydrogens is 277 g/mol. The molecule has 0 atom stereocenters. The van der Waals surface area contributed by atoms with Gasteiger partial charge in [0.15, 0.2) is 0 Å². The van der Waals surface area contributed by atoms with Gasteiger partial charge in [-0.15, -0.1) is 0 Å². The zero-order valence-electron chi connectivity index (χ0n) is 11.5. The molecule has 2 rings (SSSR count). The van der Waals surface area contributed by atoms with Gasteiger partial charge in [0.05, 0.1) is 12.2 Å². The van der Waals surface area contributed by atoms with E-state index in [-0.39, 0.29) is 6.61 Å². The molecule has 0 aliphatic heterocycles. The standard InChI is InChI=1S/C17H15F3O/c1-12-2-4-13(5-3-12)16(10-11-21)14-6-8-15(9-7-14)17(18,19)20/h2-10,21H,11H2,1H3/b16-10+. The Morgan fingerprint density at radius 3 is 1.86 bits per heavy atom. The van der Waals surface area contributed by atoms with Crippen LogP contribution in [-0.4, -0.2) is 11.7 Å². The van der Waals surface area contributed by atoms with Gasteiger partial charge in [-0.3, -0.25) is 0 Å². The molecule has 0 heterocycles. The molecule has 0 fully saturated rings. The zero-order valence-corrected chi connectivity index (χ0v) is 11.5. The summed E-state index contributed by atoms with van der Waals surface area (Å²) in [7, 11) is 0. The molecule has 0 aliphatic rings. The smallest absolute Gasteiger partial charge is 0.392 e. The number of benzene rings is 2. The highest BCUT2D eigenvalue weighted by molar-refractivity contribution is 5.80. The van der Waals surface area contributed by atoms with Crippen LogP contribution in [0, 0.1) is 6.92 Å². The van der Waals surface area contributed by atoms with Crippen molar-refractivity contribution in [3.05, 3.63) is 76.9 Å². The van der Waals surface area contributed by atoms with Gasteiger partial charge >= 0.3 is 6.18 Å². The molecule has 2 aromatic carbocycles. The van der Waals surface area contributed by atoms with Crippen LogP contribution in [0.25, 0.3) is 5.57 Å². The molecule has 0 unspecified atom stereocenters. The van der Waals surface area contributed by atoms with E-state index in [0.717, 1.165) is 23.3 Å². The lowest BCUT2D eigenvalue weighted by Crippen LogP contribution is -2.04. The van der Waals surface area contributed by atoms with E-state index in [9.17, 15) is 13.2 Å². The summed E-state index contributed by atoms with van der Waals surface area (Å²) in [5.74, 6) is 0. The van der Waals surface area contributed by atoms with Crippen molar-refractivity contribution in [1.29, 1.82) is 0 Å². The number of aliphatic hydroxyl groups excluding tert-OH is 1. The number of hydrogen-bond donors (Lipinski definition) is 1. The fourth-order valence-electron chi connectivity index (χ4n) is 2.07. The maximum Gasteiger partial charge on any atom is 0.416 e. The van der Waals surface area contributed by atoms with Crippen LogP contribution in [0.1, 0.15) is 22.3 Å². The third-order valence-corrected chi connectivity index (χ3v) is 3.18. The highest BCUT2D eigenvalue weighted by Crippen LogP contribution is 2.31. The highest BCUT2D eigenvalue weighted by atomic mass is 19.4. The van der Waals surface area contributed by atoms with Gasteiger partial charge in [0.25, 0.3) is 0 Å². The lowest BCUT2D eigenvalue weighted by Gasteiger charge is -2.11. The minimum Gasteiger partial charge on any atom is -0.392 e. The fraction of sp³-hybridized carbons (Fsp3) is 0.176. The van der Waals surface area contributed by atoms with Crippen LogP contribution in [0.3, 0.4) is 0 Å². The van der Waals surface area contributed by atoms with Gasteiger partial charge in [-0.1, -0.05) is 48.0 Å². The topological polar surface area (TPSA) is 20.2 Å². The first-order valence-electron chi connectivity index (χ1n) is 6.47. The second kappa shape index (κ2) is 6.14. The Morgan fingerprint density at radius 1 is 0.952 bits per heavy atom. The minimum absolute atomic E-state index is 0.176. The van der Waals surface area contributed by atoms with E-state index in [1.165, 1.54) is 12.1 Å². The van der Waals surface area contributed by atoms with Crippen LogP contribution in [-0.2, 0) is 6.18 Å². The quantitative estimate of drug-likeness (QED) is 0.887. The molecule has 0 saturated carbocycles. The second-order valence-electron chi connectivity index (χ2n) is 4.74. The van der Waals surface area contributed by atoms with E-state index in [2.05, 4.69) is 0 Å². The molecule has 0 radical (unpaired) electrons. The van der Waals surface area contributed by atoms with E-state index in [1.807, 2.05) is 31.2 Å². The van der Waals surface area contributed by atoms with Crippen LogP contribution in [0.4, 0.5) is 13.2 Å². The third kappa shape index (κ3) is 3.73. The number of alkyl halides is 3. The molecule has 4 heteroatoms. The maximum atomic E-state index is 12.6. The summed E-state index contributed by atoms with van der Waals surface area (Å²) < 4.78 is 37.7. The second-order valence-corrected chi connectivity index (χ2v) is 4.74. The van der Waals surface area contributed by atoms with E-state index in [0.29, 0.717) is 11.1 Å². The van der Waals surface area contributed by atoms with Gasteiger partial charge in [-0.25, -0.2) is 0 Å². The predicted molar refractivity (Wildman–Crippen MR) is 76.8 cm³/mol. The summed E-state index contributed by atoms with van der Waals surface area (Å²) in [6.07, 6.45) is -2.75. The first-order valence-corrected chi connectivity index (χ1v) is 6.47. The van der Waals surface area contributed by atoms with Crippen molar-refractivity contribution >= 4 is 5.57 Å². The Bertz CT molecular complexity index is 623. The number of aliphatic hydroxyl groups is 1. The van der Waals surface area contributed by atoms with Crippen molar-refractivity contribution in [3.8, 4) is 0 Å². The molecule has 21 heavy (non-hydrogen) atoms. The molecule has 1 N–H and O–H groups in total. The average molecular weight is 292 g/mol. The lowest BCUT2D eigenvalue weighted by atomic mass is 9.96. The Balaban J connectivity index is 2.40. The van der Waals surface area contributed by atoms with Crippen molar-refractivity contribution in [2.45, 2.75) is 13.1 Å². The van der Waals surface area contributed by atoms with Gasteiger partial charge in [0.2, 0.25) is 0 Å². The number of hydrogen-bond acceptors (Lipinski definition) is 1. The molecule has 0 spiro atoms. The summed E-state index contributed by atoms with van der Waals surface area (Å²) in [5.41, 5.74) is 2.62. The monoisotopic (exact) mass is 292 g/mol. The van der Waals surface area contributed by atoms with Gasteiger partial charge in [-0.2, -0.15) is 13.2 Å². The molecule has 2 aromatic rings. The van der Waals surface area contributed by atoms with Crippen molar-refractivity contribution in [2.75, 3.05) is 6.61 Å². The van der Waals surface area contributed by atoms with Crippen LogP contribution >= 0.6 is 0 Å². The van der Waals surface area contributed by atoms with Gasteiger partial charge in [-0.05, 0) is 35.8 Å². The lowest BCUT2D eigenvalue weighted by molar-refractivity contribution is -0.137. The van der Waals surface area contributed by atoms with Crippen molar-refractivity contribution in [3.63, 3.8) is 0 Å². The van der Waals surface area contributed by atoms with Gasteiger partial charge < -0.3 is 5.11 Å². The largest absolute Gasteiger partial charge is 0.416 e. The summed E-state index contributed by atoms with van der Waals surface area (Å²) in [4.78, 5) is 0. The summed E-state index contributed by atoms with van der Waals surface area (Å²) >= 11 is 0. The van der Waals surface area contributed by atoms with E-state index in [4.69, 9.17) is 5.11 Å². The number of rotatable bonds is 3. The predicted octanol–water partition coefficient (Wildman–Crippen LogP) is 4.44. The zero-order chi connectivity index (χ0) is 15.5. The summed E-state index contributed by atoms with van der Waals surface area (Å²) in [5, 5.41) is 9.14. The number of halogens is 3. The van der Waals surface area contributed by atoms with Crippen LogP contribution in [0.2, 0.25) is 0 Å². The van der Waals surface area contributed by atoms with Crippen molar-refractivity contribution in [1.82, 2.24) is 0 Å². The Morgan fingerprint density at radius 2 is 1.43 bits per heavy atom. The molecule has 0 aromatic heterocycles. The normalized spacial score (nSPS) is 12.5. The molecule has 0 amide bonds. The highest BCUT2D eigenvalue weighted by Gasteiger charge is 2.30. The van der Waals surface area contributed by atoms with Crippen molar-refractivity contribution in [2.24, 2.45) is 0 Å². The molecular formula is C17H15F3O. The number of aryl methyl sites for hydroxylation is 1. The van der Waals surface area contributed by atoms with Gasteiger partial charge in [0, 0.05) is 0 Å². The molecule has 0 saturated heterocycles. The first-order chi connectivity index (χ1) is 9.91. The summed E-state index contributed by atoms with van der Waals surface area (Å²) in [6, 6.07) is 12.6. The van der Waals surface area contributed by atoms with E-state index in [1.54, 1.807) is 6.08 Å². The minimum atomic E-state index is -4.34. The fourth-order valence-corrected chi connectivity index (χ4v) is 2.07. The maximum absolute atomic E-state index is 12.6. The molecule has 1 nitrogen and oxygen atoms in total. The van der Waals surface area contributed by atoms with Crippen molar-refractivity contribution < 1.29 is 18.3 Å². The Hall–Kier alpha value is -2.07. The SMILES string of the molecule is Cc1ccc(/C(=C\CO)c2ccc(C(F)(F)F)cc2)cc1. The average Bonchev–Trinajstić information content (AvgIpc) is 2.45. The molecule has 110 valence electrons. The Kier molecular flexibility index (Phi) is 4.48. The molecule has 0 aliphatic carbocycles. The third-order valence-electron chi connectivity index (χ3n) is 3.18. The van der Waals surface area contributed by atoms with Crippen LogP contribution in [0.5, 0.6) is 0 Å². The van der Waals surface area contributed by atoms with Gasteiger partial charge in [0.1, 0.15) is 0 Å². The van der Waals surface area contributed by atoms with E-state index < -0.39 is 11.7 Å². The molecule has 0 bridgehead atoms. The summed E-state index contributed by atoms with van der Waals surface area (Å²) in [6.45, 7) is 1.78. The van der Waals surface area contributed by atoms with Crippen LogP contribution in [0.15, 0.2) is 54.6 Å². The first kappa shape index (κ1) is 15.3.